The molecular weight excluding hydrogens is 408 g/mol. The number of benzene rings is 4. The summed E-state index contributed by atoms with van der Waals surface area (Å²) < 4.78 is 0. The van der Waals surface area contributed by atoms with Crippen LogP contribution in [0, 0.1) is 0 Å². The summed E-state index contributed by atoms with van der Waals surface area (Å²) in [4.78, 5) is 28.0. The van der Waals surface area contributed by atoms with Crippen molar-refractivity contribution in [1.82, 2.24) is 0 Å². The molecule has 2 amide bonds. The van der Waals surface area contributed by atoms with Gasteiger partial charge >= 0.3 is 0 Å². The van der Waals surface area contributed by atoms with Crippen molar-refractivity contribution in [2.24, 2.45) is 0 Å². The Bertz CT molecular complexity index is 1150. The molecule has 0 saturated heterocycles. The minimum Gasteiger partial charge on any atom is -0.325 e. The van der Waals surface area contributed by atoms with Crippen molar-refractivity contribution in [2.75, 3.05) is 16.8 Å². The molecule has 0 aliphatic heterocycles. The Morgan fingerprint density at radius 1 is 0.697 bits per heavy atom. The van der Waals surface area contributed by atoms with E-state index in [0.29, 0.717) is 17.8 Å². The first kappa shape index (κ1) is 22.0. The zero-order valence-corrected chi connectivity index (χ0v) is 18.5. The van der Waals surface area contributed by atoms with Crippen LogP contribution < -0.4 is 10.2 Å². The predicted molar refractivity (Wildman–Crippen MR) is 134 cm³/mol. The van der Waals surface area contributed by atoms with Crippen LogP contribution in [0.4, 0.5) is 11.4 Å². The van der Waals surface area contributed by atoms with Gasteiger partial charge in [0.15, 0.2) is 0 Å². The first-order valence-corrected chi connectivity index (χ1v) is 11.0. The monoisotopic (exact) mass is 434 g/mol. The summed E-state index contributed by atoms with van der Waals surface area (Å²) in [5.41, 5.74) is 3.93. The molecule has 164 valence electrons. The Morgan fingerprint density at radius 2 is 1.18 bits per heavy atom. The Morgan fingerprint density at radius 3 is 1.67 bits per heavy atom. The van der Waals surface area contributed by atoms with E-state index in [1.165, 1.54) is 0 Å². The zero-order valence-electron chi connectivity index (χ0n) is 18.5. The number of nitrogens with zero attached hydrogens (tertiary/aromatic N) is 1. The Kier molecular flexibility index (Phi) is 6.96. The standard InChI is InChI=1S/C29H26N2O2/c1-2-31(26-16-10-5-11-17-26)29(33)24-18-20-25(21-19-24)30-28(32)27(22-12-6-3-7-13-22)23-14-8-4-9-15-23/h3-21,27H,2H2,1H3,(H,30,32). The largest absolute Gasteiger partial charge is 0.325 e. The zero-order chi connectivity index (χ0) is 23.0. The second kappa shape index (κ2) is 10.4. The highest BCUT2D eigenvalue weighted by atomic mass is 16.2. The molecule has 0 heterocycles. The summed E-state index contributed by atoms with van der Waals surface area (Å²) in [6, 6.07) is 36.1. The lowest BCUT2D eigenvalue weighted by Crippen LogP contribution is -2.30. The third kappa shape index (κ3) is 5.18. The van der Waals surface area contributed by atoms with Gasteiger partial charge in [-0.15, -0.1) is 0 Å². The fourth-order valence-electron chi connectivity index (χ4n) is 3.90. The van der Waals surface area contributed by atoms with Crippen molar-refractivity contribution in [2.45, 2.75) is 12.8 Å². The van der Waals surface area contributed by atoms with E-state index in [4.69, 9.17) is 0 Å². The highest BCUT2D eigenvalue weighted by molar-refractivity contribution is 6.06. The van der Waals surface area contributed by atoms with E-state index in [1.807, 2.05) is 97.9 Å². The van der Waals surface area contributed by atoms with Gasteiger partial charge in [-0.25, -0.2) is 0 Å². The van der Waals surface area contributed by atoms with E-state index < -0.39 is 5.92 Å². The molecule has 0 atom stereocenters. The number of rotatable bonds is 7. The number of carbonyl (C=O) groups is 2. The van der Waals surface area contributed by atoms with Gasteiger partial charge in [0.1, 0.15) is 0 Å². The van der Waals surface area contributed by atoms with Gasteiger partial charge in [-0.05, 0) is 54.4 Å². The normalized spacial score (nSPS) is 10.6. The van der Waals surface area contributed by atoms with Crippen molar-refractivity contribution in [3.63, 3.8) is 0 Å². The molecule has 0 bridgehead atoms. The molecule has 4 heteroatoms. The van der Waals surface area contributed by atoms with Crippen molar-refractivity contribution in [1.29, 1.82) is 0 Å². The van der Waals surface area contributed by atoms with Crippen LogP contribution in [0.2, 0.25) is 0 Å². The molecule has 33 heavy (non-hydrogen) atoms. The van der Waals surface area contributed by atoms with Crippen LogP contribution in [0.1, 0.15) is 34.3 Å². The van der Waals surface area contributed by atoms with Gasteiger partial charge in [0.05, 0.1) is 5.92 Å². The van der Waals surface area contributed by atoms with Crippen LogP contribution in [0.15, 0.2) is 115 Å². The van der Waals surface area contributed by atoms with Crippen LogP contribution in [-0.2, 0) is 4.79 Å². The summed E-state index contributed by atoms with van der Waals surface area (Å²) in [5, 5.41) is 3.02. The van der Waals surface area contributed by atoms with Gasteiger partial charge in [0.2, 0.25) is 5.91 Å². The summed E-state index contributed by atoms with van der Waals surface area (Å²) in [5.74, 6) is -0.624. The van der Waals surface area contributed by atoms with Gasteiger partial charge in [-0.2, -0.15) is 0 Å². The summed E-state index contributed by atoms with van der Waals surface area (Å²) in [6.07, 6.45) is 0. The molecule has 0 spiro atoms. The SMILES string of the molecule is CCN(C(=O)c1ccc(NC(=O)C(c2ccccc2)c2ccccc2)cc1)c1ccccc1. The molecule has 4 aromatic carbocycles. The molecule has 0 unspecified atom stereocenters. The van der Waals surface area contributed by atoms with Crippen LogP contribution >= 0.6 is 0 Å². The molecule has 0 saturated carbocycles. The van der Waals surface area contributed by atoms with Gasteiger partial charge in [0, 0.05) is 23.5 Å². The average molecular weight is 435 g/mol. The van der Waals surface area contributed by atoms with Crippen molar-refractivity contribution < 1.29 is 9.59 Å². The molecule has 0 aliphatic carbocycles. The van der Waals surface area contributed by atoms with Crippen molar-refractivity contribution in [3.8, 4) is 0 Å². The summed E-state index contributed by atoms with van der Waals surface area (Å²) >= 11 is 0. The van der Waals surface area contributed by atoms with E-state index in [1.54, 1.807) is 29.2 Å². The lowest BCUT2D eigenvalue weighted by Gasteiger charge is -2.21. The fraction of sp³-hybridized carbons (Fsp3) is 0.103. The molecule has 4 rings (SSSR count). The second-order valence-corrected chi connectivity index (χ2v) is 7.71. The Hall–Kier alpha value is -4.18. The van der Waals surface area contributed by atoms with Gasteiger partial charge in [-0.1, -0.05) is 78.9 Å². The lowest BCUT2D eigenvalue weighted by atomic mass is 9.90. The summed E-state index contributed by atoms with van der Waals surface area (Å²) in [7, 11) is 0. The van der Waals surface area contributed by atoms with E-state index in [-0.39, 0.29) is 11.8 Å². The minimum atomic E-state index is -0.428. The highest BCUT2D eigenvalue weighted by Gasteiger charge is 2.23. The third-order valence-electron chi connectivity index (χ3n) is 5.56. The predicted octanol–water partition coefficient (Wildman–Crippen LogP) is 6.12. The van der Waals surface area contributed by atoms with Gasteiger partial charge < -0.3 is 10.2 Å². The lowest BCUT2D eigenvalue weighted by molar-refractivity contribution is -0.116. The molecule has 0 aliphatic rings. The Balaban J connectivity index is 1.53. The van der Waals surface area contributed by atoms with E-state index in [2.05, 4.69) is 5.32 Å². The van der Waals surface area contributed by atoms with E-state index in [9.17, 15) is 9.59 Å². The average Bonchev–Trinajstić information content (AvgIpc) is 2.87. The number of hydrogen-bond acceptors (Lipinski definition) is 2. The van der Waals surface area contributed by atoms with E-state index in [0.717, 1.165) is 16.8 Å². The maximum absolute atomic E-state index is 13.3. The van der Waals surface area contributed by atoms with Crippen LogP contribution in [-0.4, -0.2) is 18.4 Å². The topological polar surface area (TPSA) is 49.4 Å². The number of amides is 2. The first-order chi connectivity index (χ1) is 16.2. The number of para-hydroxylation sites is 1. The third-order valence-corrected chi connectivity index (χ3v) is 5.56. The maximum atomic E-state index is 13.3. The quantitative estimate of drug-likeness (QED) is 0.381. The Labute approximate surface area is 194 Å². The van der Waals surface area contributed by atoms with Gasteiger partial charge in [-0.3, -0.25) is 9.59 Å². The van der Waals surface area contributed by atoms with Gasteiger partial charge in [0.25, 0.3) is 5.91 Å². The molecule has 4 nitrogen and oxygen atoms in total. The molecule has 0 aromatic heterocycles. The summed E-state index contributed by atoms with van der Waals surface area (Å²) in [6.45, 7) is 2.52. The number of anilines is 2. The van der Waals surface area contributed by atoms with Crippen LogP contribution in [0.5, 0.6) is 0 Å². The molecular formula is C29H26N2O2. The number of hydrogen-bond donors (Lipinski definition) is 1. The maximum Gasteiger partial charge on any atom is 0.258 e. The number of nitrogens with one attached hydrogen (secondary N) is 1. The minimum absolute atomic E-state index is 0.0759. The molecule has 0 fully saturated rings. The van der Waals surface area contributed by atoms with E-state index >= 15 is 0 Å². The fourth-order valence-corrected chi connectivity index (χ4v) is 3.90. The number of carbonyl (C=O) groups excluding carboxylic acids is 2. The molecule has 0 radical (unpaired) electrons. The molecule has 4 aromatic rings. The first-order valence-electron chi connectivity index (χ1n) is 11.0. The highest BCUT2D eigenvalue weighted by Crippen LogP contribution is 2.26. The van der Waals surface area contributed by atoms with Crippen LogP contribution in [0.25, 0.3) is 0 Å². The second-order valence-electron chi connectivity index (χ2n) is 7.71. The smallest absolute Gasteiger partial charge is 0.258 e. The molecule has 1 N–H and O–H groups in total. The van der Waals surface area contributed by atoms with Crippen LogP contribution in [0.3, 0.4) is 0 Å². The van der Waals surface area contributed by atoms with Crippen molar-refractivity contribution >= 4 is 23.2 Å². The van der Waals surface area contributed by atoms with Crippen molar-refractivity contribution in [3.05, 3.63) is 132 Å².